The number of fused-ring (bicyclic) bond motifs is 1. The van der Waals surface area contributed by atoms with Crippen LogP contribution in [0, 0.1) is 6.92 Å². The monoisotopic (exact) mass is 387 g/mol. The molecule has 5 heteroatoms. The van der Waals surface area contributed by atoms with Gasteiger partial charge in [-0.05, 0) is 48.5 Å². The maximum atomic E-state index is 12.7. The van der Waals surface area contributed by atoms with Gasteiger partial charge in [0.1, 0.15) is 6.54 Å². The zero-order valence-corrected chi connectivity index (χ0v) is 16.4. The highest BCUT2D eigenvalue weighted by Gasteiger charge is 2.31. The van der Waals surface area contributed by atoms with Crippen LogP contribution >= 0.6 is 12.2 Å². The largest absolute Gasteiger partial charge is 0.333 e. The minimum absolute atomic E-state index is 0.0810. The molecule has 1 aliphatic rings. The Hall–Kier alpha value is -3.18. The van der Waals surface area contributed by atoms with Gasteiger partial charge in [0.25, 0.3) is 0 Å². The average Bonchev–Trinajstić information content (AvgIpc) is 2.84. The van der Waals surface area contributed by atoms with E-state index in [1.54, 1.807) is 0 Å². The highest BCUT2D eigenvalue weighted by atomic mass is 32.1. The molecule has 0 radical (unpaired) electrons. The Bertz CT molecular complexity index is 1000. The van der Waals surface area contributed by atoms with Crippen LogP contribution in [0.2, 0.25) is 0 Å². The summed E-state index contributed by atoms with van der Waals surface area (Å²) in [6, 6.07) is 25.9. The quantitative estimate of drug-likeness (QED) is 0.624. The van der Waals surface area contributed by atoms with Crippen molar-refractivity contribution in [3.8, 4) is 0 Å². The Morgan fingerprint density at radius 1 is 1.04 bits per heavy atom. The summed E-state index contributed by atoms with van der Waals surface area (Å²) < 4.78 is 0. The summed E-state index contributed by atoms with van der Waals surface area (Å²) >= 11 is 5.74. The van der Waals surface area contributed by atoms with E-state index in [4.69, 9.17) is 12.2 Å². The van der Waals surface area contributed by atoms with Crippen molar-refractivity contribution in [1.29, 1.82) is 0 Å². The topological polar surface area (TPSA) is 44.4 Å². The molecule has 0 fully saturated rings. The van der Waals surface area contributed by atoms with Gasteiger partial charge in [0.05, 0.1) is 6.04 Å². The predicted octanol–water partition coefficient (Wildman–Crippen LogP) is 4.74. The molecule has 140 valence electrons. The molecule has 28 heavy (non-hydrogen) atoms. The molecule has 1 aliphatic heterocycles. The van der Waals surface area contributed by atoms with Gasteiger partial charge in [-0.3, -0.25) is 4.79 Å². The summed E-state index contributed by atoms with van der Waals surface area (Å²) in [4.78, 5) is 14.6. The van der Waals surface area contributed by atoms with Crippen LogP contribution in [0.25, 0.3) is 0 Å². The molecule has 1 atom stereocenters. The van der Waals surface area contributed by atoms with E-state index in [2.05, 4.69) is 34.9 Å². The van der Waals surface area contributed by atoms with Crippen LogP contribution in [-0.2, 0) is 4.79 Å². The van der Waals surface area contributed by atoms with Crippen LogP contribution in [0.4, 0.5) is 11.4 Å². The summed E-state index contributed by atoms with van der Waals surface area (Å²) in [5.41, 5.74) is 4.95. The van der Waals surface area contributed by atoms with Crippen LogP contribution in [0.15, 0.2) is 78.9 Å². The maximum Gasteiger partial charge on any atom is 0.244 e. The molecule has 4 nitrogen and oxygen atoms in total. The number of rotatable bonds is 2. The number of hydrogen-bond acceptors (Lipinski definition) is 2. The van der Waals surface area contributed by atoms with E-state index in [-0.39, 0.29) is 18.5 Å². The summed E-state index contributed by atoms with van der Waals surface area (Å²) in [6.45, 7) is 2.19. The number of nitrogens with one attached hydrogen (secondary N) is 2. The fourth-order valence-electron chi connectivity index (χ4n) is 3.52. The zero-order chi connectivity index (χ0) is 19.5. The number of hydrogen-bond donors (Lipinski definition) is 2. The Morgan fingerprint density at radius 2 is 1.71 bits per heavy atom. The first-order valence-electron chi connectivity index (χ1n) is 9.20. The molecule has 0 saturated heterocycles. The molecule has 0 aliphatic carbocycles. The number of thiocarbonyl (C=S) groups is 1. The highest BCUT2D eigenvalue weighted by Crippen LogP contribution is 2.36. The minimum atomic E-state index is -0.167. The summed E-state index contributed by atoms with van der Waals surface area (Å²) in [7, 11) is 0. The molecule has 0 bridgehead atoms. The summed E-state index contributed by atoms with van der Waals surface area (Å²) in [5, 5.41) is 6.84. The first kappa shape index (κ1) is 18.2. The second kappa shape index (κ2) is 7.82. The lowest BCUT2D eigenvalue weighted by atomic mass is 9.95. The number of carbonyl (C=O) groups is 1. The van der Waals surface area contributed by atoms with E-state index >= 15 is 0 Å². The molecule has 0 aromatic heterocycles. The third-order valence-corrected chi connectivity index (χ3v) is 5.14. The third-order valence-electron chi connectivity index (χ3n) is 4.80. The van der Waals surface area contributed by atoms with Gasteiger partial charge < -0.3 is 15.5 Å². The van der Waals surface area contributed by atoms with Crippen molar-refractivity contribution in [2.45, 2.75) is 13.0 Å². The number of amides is 1. The maximum absolute atomic E-state index is 12.7. The van der Waals surface area contributed by atoms with E-state index in [1.807, 2.05) is 66.4 Å². The summed E-state index contributed by atoms with van der Waals surface area (Å²) in [6.07, 6.45) is 0. The Morgan fingerprint density at radius 3 is 2.43 bits per heavy atom. The number of anilines is 2. The zero-order valence-electron chi connectivity index (χ0n) is 15.6. The molecular formula is C23H21N3OS. The van der Waals surface area contributed by atoms with Crippen molar-refractivity contribution in [1.82, 2.24) is 4.90 Å². The first-order chi connectivity index (χ1) is 13.6. The second-order valence-electron chi connectivity index (χ2n) is 6.88. The molecule has 2 N–H and O–H groups in total. The van der Waals surface area contributed by atoms with Gasteiger partial charge >= 0.3 is 0 Å². The van der Waals surface area contributed by atoms with E-state index in [1.165, 1.54) is 0 Å². The van der Waals surface area contributed by atoms with E-state index in [0.717, 1.165) is 28.1 Å². The van der Waals surface area contributed by atoms with Crippen molar-refractivity contribution in [3.63, 3.8) is 0 Å². The molecule has 1 heterocycles. The van der Waals surface area contributed by atoms with Crippen LogP contribution < -0.4 is 10.6 Å². The number of para-hydroxylation sites is 1. The van der Waals surface area contributed by atoms with Crippen molar-refractivity contribution < 1.29 is 4.79 Å². The lowest BCUT2D eigenvalue weighted by molar-refractivity contribution is -0.116. The number of nitrogens with zero attached hydrogens (tertiary/aromatic N) is 1. The molecule has 1 amide bonds. The Balaban J connectivity index is 1.79. The molecule has 3 aromatic carbocycles. The smallest absolute Gasteiger partial charge is 0.244 e. The van der Waals surface area contributed by atoms with Gasteiger partial charge in [0, 0.05) is 16.9 Å². The molecular weight excluding hydrogens is 366 g/mol. The van der Waals surface area contributed by atoms with Gasteiger partial charge in [-0.1, -0.05) is 60.7 Å². The SMILES string of the molecule is Cc1ccc2c(c1)NC(=O)CN(C(=S)Nc1ccccc1)[C@H]2c1ccccc1. The third kappa shape index (κ3) is 3.75. The van der Waals surface area contributed by atoms with Crippen molar-refractivity contribution in [2.24, 2.45) is 0 Å². The van der Waals surface area contributed by atoms with Crippen LogP contribution in [0.5, 0.6) is 0 Å². The number of carbonyl (C=O) groups excluding carboxylic acids is 1. The molecule has 4 rings (SSSR count). The standard InChI is InChI=1S/C23H21N3OS/c1-16-12-13-19-20(14-16)25-21(27)15-26(22(19)17-8-4-2-5-9-17)23(28)24-18-10-6-3-7-11-18/h2-14,22H,15H2,1H3,(H,24,28)(H,25,27)/t22-/m0/s1. The van der Waals surface area contributed by atoms with Gasteiger partial charge in [0.2, 0.25) is 5.91 Å². The lowest BCUT2D eigenvalue weighted by Crippen LogP contribution is -2.41. The van der Waals surface area contributed by atoms with Gasteiger partial charge in [-0.25, -0.2) is 0 Å². The lowest BCUT2D eigenvalue weighted by Gasteiger charge is -2.32. The summed E-state index contributed by atoms with van der Waals surface area (Å²) in [5.74, 6) is -0.0810. The predicted molar refractivity (Wildman–Crippen MR) is 117 cm³/mol. The van der Waals surface area contributed by atoms with Crippen LogP contribution in [0.3, 0.4) is 0 Å². The molecule has 3 aromatic rings. The van der Waals surface area contributed by atoms with Gasteiger partial charge in [-0.15, -0.1) is 0 Å². The van der Waals surface area contributed by atoms with E-state index in [0.29, 0.717) is 5.11 Å². The second-order valence-corrected chi connectivity index (χ2v) is 7.26. The van der Waals surface area contributed by atoms with Crippen molar-refractivity contribution >= 4 is 34.6 Å². The highest BCUT2D eigenvalue weighted by molar-refractivity contribution is 7.80. The van der Waals surface area contributed by atoms with Gasteiger partial charge in [-0.2, -0.15) is 0 Å². The number of benzene rings is 3. The van der Waals surface area contributed by atoms with E-state index in [9.17, 15) is 4.79 Å². The van der Waals surface area contributed by atoms with Crippen LogP contribution in [-0.4, -0.2) is 22.5 Å². The minimum Gasteiger partial charge on any atom is -0.333 e. The van der Waals surface area contributed by atoms with Crippen molar-refractivity contribution in [3.05, 3.63) is 95.6 Å². The Kier molecular flexibility index (Phi) is 5.08. The molecule has 0 unspecified atom stereocenters. The normalized spacial score (nSPS) is 16.0. The Labute approximate surface area is 170 Å². The van der Waals surface area contributed by atoms with Gasteiger partial charge in [0.15, 0.2) is 5.11 Å². The van der Waals surface area contributed by atoms with E-state index < -0.39 is 0 Å². The average molecular weight is 388 g/mol. The fourth-order valence-corrected chi connectivity index (χ4v) is 3.81. The van der Waals surface area contributed by atoms with Crippen molar-refractivity contribution in [2.75, 3.05) is 17.2 Å². The molecule has 0 spiro atoms. The fraction of sp³-hybridized carbons (Fsp3) is 0.130. The van der Waals surface area contributed by atoms with Crippen LogP contribution in [0.1, 0.15) is 22.7 Å². The molecule has 0 saturated carbocycles. The first-order valence-corrected chi connectivity index (χ1v) is 9.60. The number of aryl methyl sites for hydroxylation is 1.